The number of alkyl halides is 3. The summed E-state index contributed by atoms with van der Waals surface area (Å²) in [5.74, 6) is -2.05. The molecule has 1 unspecified atom stereocenters. The summed E-state index contributed by atoms with van der Waals surface area (Å²) >= 11 is 0. The molecule has 0 fully saturated rings. The van der Waals surface area contributed by atoms with Crippen LogP contribution in [0.2, 0.25) is 0 Å². The van der Waals surface area contributed by atoms with E-state index in [1.54, 1.807) is 6.92 Å². The Labute approximate surface area is 225 Å². The molecule has 10 nitrogen and oxygen atoms in total. The summed E-state index contributed by atoms with van der Waals surface area (Å²) < 4.78 is 62.2. The number of amides is 2. The number of nitrogens with zero attached hydrogens (tertiary/aromatic N) is 2. The number of anilines is 2. The van der Waals surface area contributed by atoms with Gasteiger partial charge >= 0.3 is 6.18 Å². The van der Waals surface area contributed by atoms with Gasteiger partial charge < -0.3 is 31.5 Å². The minimum Gasteiger partial charge on any atom is -0.479 e. The Morgan fingerprint density at radius 2 is 1.90 bits per heavy atom. The maximum absolute atomic E-state index is 14.5. The second-order valence-electron chi connectivity index (χ2n) is 9.87. The number of benzene rings is 1. The van der Waals surface area contributed by atoms with E-state index in [0.717, 1.165) is 18.2 Å². The van der Waals surface area contributed by atoms with Crippen LogP contribution >= 0.6 is 0 Å². The highest BCUT2D eigenvalue weighted by atomic mass is 19.4. The van der Waals surface area contributed by atoms with Gasteiger partial charge in [0, 0.05) is 17.7 Å². The number of fused-ring (bicyclic) bond motifs is 2. The van der Waals surface area contributed by atoms with Crippen LogP contribution in [0.5, 0.6) is 5.88 Å². The van der Waals surface area contributed by atoms with Crippen molar-refractivity contribution < 1.29 is 37.0 Å². The predicted octanol–water partition coefficient (Wildman–Crippen LogP) is 2.57. The summed E-state index contributed by atoms with van der Waals surface area (Å²) in [6.07, 6.45) is -5.36. The van der Waals surface area contributed by atoms with Crippen LogP contribution in [0.1, 0.15) is 34.2 Å². The molecule has 0 saturated carbocycles. The van der Waals surface area contributed by atoms with Crippen LogP contribution in [0.3, 0.4) is 0 Å². The fraction of sp³-hybridized carbons (Fsp3) is 0.308. The molecule has 0 spiro atoms. The van der Waals surface area contributed by atoms with Gasteiger partial charge in [0.1, 0.15) is 17.2 Å². The Hall–Kier alpha value is -4.30. The average Bonchev–Trinajstić information content (AvgIpc) is 3.43. The number of rotatable bonds is 6. The van der Waals surface area contributed by atoms with Crippen molar-refractivity contribution in [3.63, 3.8) is 0 Å². The lowest BCUT2D eigenvalue weighted by atomic mass is 9.89. The molecule has 2 amide bonds. The molecule has 14 heteroatoms. The first-order valence-electron chi connectivity index (χ1n) is 12.0. The first-order valence-corrected chi connectivity index (χ1v) is 12.0. The van der Waals surface area contributed by atoms with Gasteiger partial charge in [-0.15, -0.1) is 0 Å². The van der Waals surface area contributed by atoms with Crippen LogP contribution in [0, 0.1) is 5.82 Å². The second kappa shape index (κ2) is 9.41. The number of carbonyl (C=O) groups excluding carboxylic acids is 2. The number of methoxy groups -OCH3 is 1. The zero-order valence-electron chi connectivity index (χ0n) is 21.2. The van der Waals surface area contributed by atoms with Gasteiger partial charge in [0.25, 0.3) is 5.91 Å². The number of pyridine rings is 2. The molecular formula is C26H24F4N6O4. The molecule has 2 atom stereocenters. The standard InChI is InChI=1S/C26H24F4N6O4/c1-24(31)10-32-21-15(24)9-17(35-19(21)12-3-5-14(27)6-4-12)25(39,26(28,29)30)11-33-22(38)16-7-13-8-18(37)36-20(13)23(34-16)40-2/h3-7,9,32,39H,8,10-11,31H2,1-2H3,(H,33,38)(H,36,37)/t24-,25?/m1/s1. The highest BCUT2D eigenvalue weighted by Crippen LogP contribution is 2.45. The molecule has 0 aliphatic carbocycles. The Balaban J connectivity index is 1.54. The van der Waals surface area contributed by atoms with Gasteiger partial charge in [-0.1, -0.05) is 0 Å². The highest BCUT2D eigenvalue weighted by molar-refractivity contribution is 6.02. The summed E-state index contributed by atoms with van der Waals surface area (Å²) in [5, 5.41) is 18.8. The fourth-order valence-electron chi connectivity index (χ4n) is 4.67. The molecule has 0 bridgehead atoms. The Morgan fingerprint density at radius 3 is 2.55 bits per heavy atom. The monoisotopic (exact) mass is 560 g/mol. The fourth-order valence-corrected chi connectivity index (χ4v) is 4.67. The van der Waals surface area contributed by atoms with Crippen molar-refractivity contribution in [3.8, 4) is 17.1 Å². The van der Waals surface area contributed by atoms with Crippen molar-refractivity contribution >= 4 is 23.2 Å². The minimum absolute atomic E-state index is 0.0258. The third-order valence-electron chi connectivity index (χ3n) is 6.89. The van der Waals surface area contributed by atoms with Crippen LogP contribution in [0.15, 0.2) is 36.4 Å². The van der Waals surface area contributed by atoms with E-state index in [-0.39, 0.29) is 53.0 Å². The predicted molar refractivity (Wildman–Crippen MR) is 135 cm³/mol. The molecule has 6 N–H and O–H groups in total. The van der Waals surface area contributed by atoms with E-state index in [9.17, 15) is 32.3 Å². The SMILES string of the molecule is COc1nc(C(=O)NCC(O)(c2cc3c(c(-c4ccc(F)cc4)n2)NC[C@@]3(C)N)C(F)(F)F)cc2c1NC(=O)C2. The normalized spacial score (nSPS) is 19.2. The van der Waals surface area contributed by atoms with Crippen LogP contribution in [-0.2, 0) is 22.4 Å². The maximum Gasteiger partial charge on any atom is 0.424 e. The lowest BCUT2D eigenvalue weighted by Gasteiger charge is -2.31. The quantitative estimate of drug-likeness (QED) is 0.289. The summed E-state index contributed by atoms with van der Waals surface area (Å²) in [5.41, 5.74) is 2.01. The Bertz CT molecular complexity index is 1530. The highest BCUT2D eigenvalue weighted by Gasteiger charge is 2.57. The molecule has 0 radical (unpaired) electrons. The third kappa shape index (κ3) is 4.58. The van der Waals surface area contributed by atoms with E-state index in [1.807, 2.05) is 0 Å². The number of aliphatic hydroxyl groups is 1. The van der Waals surface area contributed by atoms with Crippen LogP contribution in [0.4, 0.5) is 28.9 Å². The van der Waals surface area contributed by atoms with E-state index in [1.165, 1.54) is 25.3 Å². The topological polar surface area (TPSA) is 151 Å². The lowest BCUT2D eigenvalue weighted by molar-refractivity contribution is -0.265. The summed E-state index contributed by atoms with van der Waals surface area (Å²) in [6, 6.07) is 7.25. The number of hydrogen-bond donors (Lipinski definition) is 5. The number of aromatic nitrogens is 2. The first-order chi connectivity index (χ1) is 18.7. The first kappa shape index (κ1) is 27.3. The van der Waals surface area contributed by atoms with Crippen molar-refractivity contribution in [3.05, 3.63) is 64.7 Å². The number of ether oxygens (including phenoxy) is 1. The number of halogens is 4. The molecule has 0 saturated heterocycles. The zero-order chi connectivity index (χ0) is 29.0. The molecular weight excluding hydrogens is 536 g/mol. The lowest BCUT2D eigenvalue weighted by Crippen LogP contribution is -2.52. The van der Waals surface area contributed by atoms with E-state index in [0.29, 0.717) is 11.3 Å². The number of carbonyl (C=O) groups is 2. The van der Waals surface area contributed by atoms with E-state index >= 15 is 0 Å². The van der Waals surface area contributed by atoms with Gasteiger partial charge in [-0.3, -0.25) is 9.59 Å². The van der Waals surface area contributed by atoms with E-state index in [2.05, 4.69) is 25.9 Å². The van der Waals surface area contributed by atoms with Gasteiger partial charge in [0.05, 0.1) is 42.7 Å². The van der Waals surface area contributed by atoms with Crippen molar-refractivity contribution in [2.45, 2.75) is 30.7 Å². The molecule has 5 rings (SSSR count). The van der Waals surface area contributed by atoms with Crippen LogP contribution in [-0.4, -0.2) is 53.3 Å². The Morgan fingerprint density at radius 1 is 1.20 bits per heavy atom. The molecule has 40 heavy (non-hydrogen) atoms. The van der Waals surface area contributed by atoms with Crippen molar-refractivity contribution in [2.75, 3.05) is 30.8 Å². The molecule has 1 aromatic carbocycles. The van der Waals surface area contributed by atoms with Crippen LogP contribution < -0.4 is 26.4 Å². The maximum atomic E-state index is 14.5. The second-order valence-corrected chi connectivity index (χ2v) is 9.87. The average molecular weight is 561 g/mol. The molecule has 3 aromatic rings. The van der Waals surface area contributed by atoms with Crippen molar-refractivity contribution in [1.29, 1.82) is 0 Å². The molecule has 2 aliphatic heterocycles. The zero-order valence-corrected chi connectivity index (χ0v) is 21.2. The largest absolute Gasteiger partial charge is 0.479 e. The van der Waals surface area contributed by atoms with Crippen LogP contribution in [0.25, 0.3) is 11.3 Å². The van der Waals surface area contributed by atoms with Crippen molar-refractivity contribution in [1.82, 2.24) is 15.3 Å². The molecule has 2 aliphatic rings. The van der Waals surface area contributed by atoms with Gasteiger partial charge in [-0.05, 0) is 48.9 Å². The molecule has 210 valence electrons. The smallest absolute Gasteiger partial charge is 0.424 e. The summed E-state index contributed by atoms with van der Waals surface area (Å²) in [4.78, 5) is 32.8. The number of nitrogens with two attached hydrogens (primary N) is 1. The summed E-state index contributed by atoms with van der Waals surface area (Å²) in [7, 11) is 1.26. The van der Waals surface area contributed by atoms with Gasteiger partial charge in [0.2, 0.25) is 17.4 Å². The molecule has 4 heterocycles. The van der Waals surface area contributed by atoms with E-state index in [4.69, 9.17) is 10.5 Å². The third-order valence-corrected chi connectivity index (χ3v) is 6.89. The van der Waals surface area contributed by atoms with Gasteiger partial charge in [0.15, 0.2) is 0 Å². The van der Waals surface area contributed by atoms with Crippen molar-refractivity contribution in [2.24, 2.45) is 5.73 Å². The number of nitrogens with one attached hydrogen (secondary N) is 3. The molecule has 2 aromatic heterocycles. The van der Waals surface area contributed by atoms with Gasteiger partial charge in [-0.2, -0.15) is 13.2 Å². The summed E-state index contributed by atoms with van der Waals surface area (Å²) in [6.45, 7) is 0.452. The Kier molecular flexibility index (Phi) is 6.42. The van der Waals surface area contributed by atoms with E-state index < -0.39 is 41.3 Å². The van der Waals surface area contributed by atoms with Gasteiger partial charge in [-0.25, -0.2) is 14.4 Å². The minimum atomic E-state index is -5.29. The number of hydrogen-bond acceptors (Lipinski definition) is 8.